The van der Waals surface area contributed by atoms with E-state index in [2.05, 4.69) is 16.0 Å². The standard InChI is InChI=1S/C14H16N2O2/c17-10-11-9-14(16-5-7-18-8-6-16)12-3-1-2-4-13(12)15-11/h1-4,9,17H,5-8,10H2. The van der Waals surface area contributed by atoms with Crippen LogP contribution in [0, 0.1) is 0 Å². The molecule has 0 aliphatic carbocycles. The Kier molecular flexibility index (Phi) is 3.13. The smallest absolute Gasteiger partial charge is 0.0854 e. The summed E-state index contributed by atoms with van der Waals surface area (Å²) in [7, 11) is 0. The van der Waals surface area contributed by atoms with Gasteiger partial charge in [-0.25, -0.2) is 0 Å². The van der Waals surface area contributed by atoms with Crippen LogP contribution in [-0.4, -0.2) is 36.4 Å². The van der Waals surface area contributed by atoms with Crippen molar-refractivity contribution in [3.63, 3.8) is 0 Å². The van der Waals surface area contributed by atoms with E-state index in [1.165, 1.54) is 0 Å². The molecule has 0 radical (unpaired) electrons. The minimum Gasteiger partial charge on any atom is -0.390 e. The number of fused-ring (bicyclic) bond motifs is 1. The molecule has 0 spiro atoms. The predicted octanol–water partition coefficient (Wildman–Crippen LogP) is 1.56. The number of benzene rings is 1. The van der Waals surface area contributed by atoms with E-state index in [0.29, 0.717) is 0 Å². The van der Waals surface area contributed by atoms with E-state index in [1.54, 1.807) is 0 Å². The summed E-state index contributed by atoms with van der Waals surface area (Å²) >= 11 is 0. The Bertz CT molecular complexity index is 550. The van der Waals surface area contributed by atoms with Crippen LogP contribution in [0.25, 0.3) is 10.9 Å². The molecule has 0 saturated carbocycles. The highest BCUT2D eigenvalue weighted by Crippen LogP contribution is 2.27. The molecule has 4 nitrogen and oxygen atoms in total. The van der Waals surface area contributed by atoms with Crippen LogP contribution in [-0.2, 0) is 11.3 Å². The monoisotopic (exact) mass is 244 g/mol. The van der Waals surface area contributed by atoms with Crippen molar-refractivity contribution in [3.05, 3.63) is 36.0 Å². The van der Waals surface area contributed by atoms with Crippen LogP contribution >= 0.6 is 0 Å². The topological polar surface area (TPSA) is 45.6 Å². The molecule has 0 unspecified atom stereocenters. The zero-order valence-corrected chi connectivity index (χ0v) is 10.2. The summed E-state index contributed by atoms with van der Waals surface area (Å²) in [6, 6.07) is 10.0. The van der Waals surface area contributed by atoms with Crippen molar-refractivity contribution in [1.82, 2.24) is 4.98 Å². The first-order chi connectivity index (χ1) is 8.88. The number of hydrogen-bond acceptors (Lipinski definition) is 4. The van der Waals surface area contributed by atoms with Gasteiger partial charge in [0.2, 0.25) is 0 Å². The quantitative estimate of drug-likeness (QED) is 0.871. The summed E-state index contributed by atoms with van der Waals surface area (Å²) in [5.74, 6) is 0. The lowest BCUT2D eigenvalue weighted by Gasteiger charge is -2.30. The van der Waals surface area contributed by atoms with Gasteiger partial charge in [-0.15, -0.1) is 0 Å². The van der Waals surface area contributed by atoms with E-state index in [1.807, 2.05) is 24.3 Å². The van der Waals surface area contributed by atoms with Gasteiger partial charge in [0, 0.05) is 24.2 Å². The molecule has 0 amide bonds. The maximum absolute atomic E-state index is 9.31. The second-order valence-electron chi connectivity index (χ2n) is 4.41. The molecule has 94 valence electrons. The van der Waals surface area contributed by atoms with Crippen molar-refractivity contribution in [2.45, 2.75) is 6.61 Å². The number of nitrogens with zero attached hydrogens (tertiary/aromatic N) is 2. The summed E-state index contributed by atoms with van der Waals surface area (Å²) in [5, 5.41) is 10.4. The Morgan fingerprint density at radius 2 is 2.00 bits per heavy atom. The first-order valence-electron chi connectivity index (χ1n) is 6.21. The molecule has 1 saturated heterocycles. The van der Waals surface area contributed by atoms with Gasteiger partial charge >= 0.3 is 0 Å². The van der Waals surface area contributed by atoms with Crippen molar-refractivity contribution >= 4 is 16.6 Å². The molecule has 3 rings (SSSR count). The van der Waals surface area contributed by atoms with E-state index >= 15 is 0 Å². The highest BCUT2D eigenvalue weighted by molar-refractivity contribution is 5.92. The molecule has 18 heavy (non-hydrogen) atoms. The lowest BCUT2D eigenvalue weighted by molar-refractivity contribution is 0.123. The number of anilines is 1. The van der Waals surface area contributed by atoms with Crippen molar-refractivity contribution in [2.75, 3.05) is 31.2 Å². The molecule has 1 aromatic heterocycles. The van der Waals surface area contributed by atoms with Gasteiger partial charge < -0.3 is 14.7 Å². The largest absolute Gasteiger partial charge is 0.390 e. The zero-order valence-electron chi connectivity index (χ0n) is 10.2. The fourth-order valence-electron chi connectivity index (χ4n) is 2.36. The third kappa shape index (κ3) is 2.05. The van der Waals surface area contributed by atoms with Gasteiger partial charge in [0.15, 0.2) is 0 Å². The highest BCUT2D eigenvalue weighted by atomic mass is 16.5. The van der Waals surface area contributed by atoms with E-state index < -0.39 is 0 Å². The molecular formula is C14H16N2O2. The molecule has 1 aliphatic rings. The number of ether oxygens (including phenoxy) is 1. The predicted molar refractivity (Wildman–Crippen MR) is 70.7 cm³/mol. The van der Waals surface area contributed by atoms with Gasteiger partial charge in [-0.05, 0) is 12.1 Å². The third-order valence-corrected chi connectivity index (χ3v) is 3.26. The summed E-state index contributed by atoms with van der Waals surface area (Å²) in [6.45, 7) is 3.26. The number of para-hydroxylation sites is 1. The SMILES string of the molecule is OCc1cc(N2CCOCC2)c2ccccc2n1. The summed E-state index contributed by atoms with van der Waals surface area (Å²) in [4.78, 5) is 6.74. The minimum atomic E-state index is -0.0256. The molecular weight excluding hydrogens is 228 g/mol. The molecule has 1 N–H and O–H groups in total. The van der Waals surface area contributed by atoms with Crippen LogP contribution in [0.2, 0.25) is 0 Å². The molecule has 1 aliphatic heterocycles. The lowest BCUT2D eigenvalue weighted by atomic mass is 10.1. The van der Waals surface area contributed by atoms with Gasteiger partial charge in [-0.3, -0.25) is 4.98 Å². The molecule has 4 heteroatoms. The third-order valence-electron chi connectivity index (χ3n) is 3.26. The van der Waals surface area contributed by atoms with Crippen molar-refractivity contribution < 1.29 is 9.84 Å². The van der Waals surface area contributed by atoms with Crippen molar-refractivity contribution in [1.29, 1.82) is 0 Å². The highest BCUT2D eigenvalue weighted by Gasteiger charge is 2.15. The minimum absolute atomic E-state index is 0.0256. The van der Waals surface area contributed by atoms with Gasteiger partial charge in [-0.1, -0.05) is 18.2 Å². The lowest BCUT2D eigenvalue weighted by Crippen LogP contribution is -2.36. The molecule has 1 aromatic carbocycles. The molecule has 2 aromatic rings. The van der Waals surface area contributed by atoms with Gasteiger partial charge in [0.05, 0.1) is 31.0 Å². The fraction of sp³-hybridized carbons (Fsp3) is 0.357. The average molecular weight is 244 g/mol. The molecule has 2 heterocycles. The number of aliphatic hydroxyl groups excluding tert-OH is 1. The number of pyridine rings is 1. The Labute approximate surface area is 106 Å². The summed E-state index contributed by atoms with van der Waals surface area (Å²) in [6.07, 6.45) is 0. The van der Waals surface area contributed by atoms with Crippen molar-refractivity contribution in [3.8, 4) is 0 Å². The number of aliphatic hydroxyl groups is 1. The van der Waals surface area contributed by atoms with Crippen LogP contribution in [0.4, 0.5) is 5.69 Å². The molecule has 0 atom stereocenters. The average Bonchev–Trinajstić information content (AvgIpc) is 2.47. The van der Waals surface area contributed by atoms with Crippen LogP contribution < -0.4 is 4.90 Å². The van der Waals surface area contributed by atoms with Crippen LogP contribution in [0.15, 0.2) is 30.3 Å². The van der Waals surface area contributed by atoms with Crippen molar-refractivity contribution in [2.24, 2.45) is 0 Å². The Morgan fingerprint density at radius 1 is 1.22 bits per heavy atom. The summed E-state index contributed by atoms with van der Waals surface area (Å²) < 4.78 is 5.38. The van der Waals surface area contributed by atoms with E-state index in [0.717, 1.165) is 48.6 Å². The van der Waals surface area contributed by atoms with Crippen LogP contribution in [0.1, 0.15) is 5.69 Å². The Morgan fingerprint density at radius 3 is 2.78 bits per heavy atom. The number of rotatable bonds is 2. The van der Waals surface area contributed by atoms with Crippen LogP contribution in [0.3, 0.4) is 0 Å². The maximum atomic E-state index is 9.31. The summed E-state index contributed by atoms with van der Waals surface area (Å²) in [5.41, 5.74) is 2.80. The molecule has 1 fully saturated rings. The second-order valence-corrected chi connectivity index (χ2v) is 4.41. The number of morpholine rings is 1. The van der Waals surface area contributed by atoms with Gasteiger partial charge in [0.25, 0.3) is 0 Å². The number of hydrogen-bond donors (Lipinski definition) is 1. The van der Waals surface area contributed by atoms with Gasteiger partial charge in [0.1, 0.15) is 0 Å². The number of aromatic nitrogens is 1. The van der Waals surface area contributed by atoms with E-state index in [9.17, 15) is 5.11 Å². The van der Waals surface area contributed by atoms with E-state index in [-0.39, 0.29) is 6.61 Å². The second kappa shape index (κ2) is 4.92. The first-order valence-corrected chi connectivity index (χ1v) is 6.21. The van der Waals surface area contributed by atoms with Gasteiger partial charge in [-0.2, -0.15) is 0 Å². The normalized spacial score (nSPS) is 16.2. The Hall–Kier alpha value is -1.65. The zero-order chi connectivity index (χ0) is 12.4. The first kappa shape index (κ1) is 11.4. The maximum Gasteiger partial charge on any atom is 0.0854 e. The Balaban J connectivity index is 2.12. The molecule has 0 bridgehead atoms. The fourth-order valence-corrected chi connectivity index (χ4v) is 2.36. The van der Waals surface area contributed by atoms with E-state index in [4.69, 9.17) is 4.74 Å². The van der Waals surface area contributed by atoms with Crippen LogP contribution in [0.5, 0.6) is 0 Å².